The number of ether oxygens (including phenoxy) is 1. The van der Waals surface area contributed by atoms with Crippen molar-refractivity contribution in [3.8, 4) is 0 Å². The van der Waals surface area contributed by atoms with E-state index in [2.05, 4.69) is 14.9 Å². The van der Waals surface area contributed by atoms with Gasteiger partial charge in [-0.05, 0) is 38.2 Å². The molecule has 1 aliphatic heterocycles. The summed E-state index contributed by atoms with van der Waals surface area (Å²) in [7, 11) is 0. The standard InChI is InChI=1S/C14H21N3O2/c1-2-19-13(18)7-6-12-5-3-10-17(11-12)14-15-8-4-9-16-14/h4,8-9,12H,2-3,5-7,10-11H2,1H3/t12-/m0/s1. The van der Waals surface area contributed by atoms with Gasteiger partial charge in [-0.25, -0.2) is 9.97 Å². The maximum atomic E-state index is 11.4. The van der Waals surface area contributed by atoms with Crippen molar-refractivity contribution in [3.63, 3.8) is 0 Å². The van der Waals surface area contributed by atoms with Crippen molar-refractivity contribution in [2.24, 2.45) is 5.92 Å². The Labute approximate surface area is 114 Å². The third-order valence-corrected chi connectivity index (χ3v) is 3.42. The Balaban J connectivity index is 1.82. The first-order valence-electron chi connectivity index (χ1n) is 6.97. The molecule has 0 radical (unpaired) electrons. The number of rotatable bonds is 5. The van der Waals surface area contributed by atoms with Gasteiger partial charge in [-0.1, -0.05) is 0 Å². The number of aromatic nitrogens is 2. The van der Waals surface area contributed by atoms with Gasteiger partial charge in [0.15, 0.2) is 0 Å². The van der Waals surface area contributed by atoms with Crippen molar-refractivity contribution < 1.29 is 9.53 Å². The average Bonchev–Trinajstić information content (AvgIpc) is 2.47. The fraction of sp³-hybridized carbons (Fsp3) is 0.643. The van der Waals surface area contributed by atoms with Crippen LogP contribution in [0.1, 0.15) is 32.6 Å². The van der Waals surface area contributed by atoms with Crippen LogP contribution in [0.25, 0.3) is 0 Å². The summed E-state index contributed by atoms with van der Waals surface area (Å²) < 4.78 is 4.97. The number of carbonyl (C=O) groups is 1. The monoisotopic (exact) mass is 263 g/mol. The summed E-state index contributed by atoms with van der Waals surface area (Å²) in [4.78, 5) is 22.2. The number of nitrogens with zero attached hydrogens (tertiary/aromatic N) is 3. The summed E-state index contributed by atoms with van der Waals surface area (Å²) in [5, 5.41) is 0. The van der Waals surface area contributed by atoms with Gasteiger partial charge in [0, 0.05) is 31.9 Å². The van der Waals surface area contributed by atoms with E-state index in [-0.39, 0.29) is 5.97 Å². The maximum absolute atomic E-state index is 11.4. The van der Waals surface area contributed by atoms with Gasteiger partial charge < -0.3 is 9.64 Å². The topological polar surface area (TPSA) is 55.3 Å². The summed E-state index contributed by atoms with van der Waals surface area (Å²) in [6.07, 6.45) is 7.24. The van der Waals surface area contributed by atoms with Crippen molar-refractivity contribution in [2.75, 3.05) is 24.6 Å². The van der Waals surface area contributed by atoms with E-state index in [0.29, 0.717) is 18.9 Å². The van der Waals surface area contributed by atoms with Crippen LogP contribution in [0.2, 0.25) is 0 Å². The maximum Gasteiger partial charge on any atom is 0.305 e. The van der Waals surface area contributed by atoms with E-state index in [9.17, 15) is 4.79 Å². The molecule has 19 heavy (non-hydrogen) atoms. The lowest BCUT2D eigenvalue weighted by Gasteiger charge is -2.32. The highest BCUT2D eigenvalue weighted by Gasteiger charge is 2.22. The molecule has 0 amide bonds. The molecule has 1 aromatic heterocycles. The third-order valence-electron chi connectivity index (χ3n) is 3.42. The highest BCUT2D eigenvalue weighted by Crippen LogP contribution is 2.23. The van der Waals surface area contributed by atoms with E-state index in [1.807, 2.05) is 13.0 Å². The van der Waals surface area contributed by atoms with Crippen molar-refractivity contribution in [1.29, 1.82) is 0 Å². The molecular weight excluding hydrogens is 242 g/mol. The molecule has 0 spiro atoms. The quantitative estimate of drug-likeness (QED) is 0.761. The van der Waals surface area contributed by atoms with Gasteiger partial charge in [-0.2, -0.15) is 0 Å². The zero-order valence-electron chi connectivity index (χ0n) is 11.4. The van der Waals surface area contributed by atoms with Crippen LogP contribution in [0.5, 0.6) is 0 Å². The zero-order chi connectivity index (χ0) is 13.5. The van der Waals surface area contributed by atoms with Crippen LogP contribution in [-0.2, 0) is 9.53 Å². The molecule has 0 bridgehead atoms. The van der Waals surface area contributed by atoms with E-state index in [1.165, 1.54) is 6.42 Å². The molecule has 5 nitrogen and oxygen atoms in total. The molecule has 1 fully saturated rings. The normalized spacial score (nSPS) is 19.2. The van der Waals surface area contributed by atoms with Crippen LogP contribution in [0.15, 0.2) is 18.5 Å². The number of hydrogen-bond acceptors (Lipinski definition) is 5. The lowest BCUT2D eigenvalue weighted by atomic mass is 9.93. The zero-order valence-corrected chi connectivity index (χ0v) is 11.4. The van der Waals surface area contributed by atoms with Crippen molar-refractivity contribution in [3.05, 3.63) is 18.5 Å². The van der Waals surface area contributed by atoms with Crippen molar-refractivity contribution >= 4 is 11.9 Å². The number of carbonyl (C=O) groups excluding carboxylic acids is 1. The molecule has 0 N–H and O–H groups in total. The molecule has 1 aromatic rings. The molecule has 1 saturated heterocycles. The van der Waals surface area contributed by atoms with Crippen LogP contribution in [0, 0.1) is 5.92 Å². The van der Waals surface area contributed by atoms with Gasteiger partial charge in [0.25, 0.3) is 0 Å². The van der Waals surface area contributed by atoms with Gasteiger partial charge in [-0.15, -0.1) is 0 Å². The van der Waals surface area contributed by atoms with E-state index in [4.69, 9.17) is 4.74 Å². The van der Waals surface area contributed by atoms with E-state index in [0.717, 1.165) is 31.9 Å². The van der Waals surface area contributed by atoms with Crippen LogP contribution in [0.4, 0.5) is 5.95 Å². The SMILES string of the molecule is CCOC(=O)CC[C@@H]1CCCN(c2ncccn2)C1. The highest BCUT2D eigenvalue weighted by molar-refractivity contribution is 5.69. The van der Waals surface area contributed by atoms with E-state index >= 15 is 0 Å². The van der Waals surface area contributed by atoms with Gasteiger partial charge >= 0.3 is 5.97 Å². The summed E-state index contributed by atoms with van der Waals surface area (Å²) in [6.45, 7) is 4.24. The van der Waals surface area contributed by atoms with Crippen molar-refractivity contribution in [1.82, 2.24) is 9.97 Å². The molecule has 2 heterocycles. The largest absolute Gasteiger partial charge is 0.466 e. The Morgan fingerprint density at radius 1 is 1.47 bits per heavy atom. The van der Waals surface area contributed by atoms with Gasteiger partial charge in [0.1, 0.15) is 0 Å². The predicted octanol–water partition coefficient (Wildman–Crippen LogP) is 2.04. The number of piperidine rings is 1. The lowest BCUT2D eigenvalue weighted by molar-refractivity contribution is -0.143. The summed E-state index contributed by atoms with van der Waals surface area (Å²) in [5.74, 6) is 1.24. The molecule has 2 rings (SSSR count). The van der Waals surface area contributed by atoms with Crippen LogP contribution in [0.3, 0.4) is 0 Å². The Morgan fingerprint density at radius 2 is 2.26 bits per heavy atom. The fourth-order valence-electron chi connectivity index (χ4n) is 2.49. The second kappa shape index (κ2) is 7.07. The van der Waals surface area contributed by atoms with E-state index < -0.39 is 0 Å². The Hall–Kier alpha value is -1.65. The van der Waals surface area contributed by atoms with Crippen LogP contribution < -0.4 is 4.90 Å². The predicted molar refractivity (Wildman–Crippen MR) is 72.8 cm³/mol. The van der Waals surface area contributed by atoms with Crippen LogP contribution in [-0.4, -0.2) is 35.6 Å². The Morgan fingerprint density at radius 3 is 3.00 bits per heavy atom. The summed E-state index contributed by atoms with van der Waals surface area (Å²) in [5.41, 5.74) is 0. The minimum Gasteiger partial charge on any atom is -0.466 e. The molecule has 104 valence electrons. The van der Waals surface area contributed by atoms with Crippen molar-refractivity contribution in [2.45, 2.75) is 32.6 Å². The van der Waals surface area contributed by atoms with Crippen LogP contribution >= 0.6 is 0 Å². The lowest BCUT2D eigenvalue weighted by Crippen LogP contribution is -2.36. The molecule has 0 saturated carbocycles. The molecule has 0 aromatic carbocycles. The minimum atomic E-state index is -0.0874. The summed E-state index contributed by atoms with van der Waals surface area (Å²) in [6, 6.07) is 1.83. The highest BCUT2D eigenvalue weighted by atomic mass is 16.5. The summed E-state index contributed by atoms with van der Waals surface area (Å²) >= 11 is 0. The molecule has 0 unspecified atom stereocenters. The second-order valence-corrected chi connectivity index (χ2v) is 4.85. The van der Waals surface area contributed by atoms with E-state index in [1.54, 1.807) is 12.4 Å². The first kappa shape index (κ1) is 13.8. The first-order chi connectivity index (χ1) is 9.29. The molecule has 0 aliphatic carbocycles. The third kappa shape index (κ3) is 4.19. The number of anilines is 1. The minimum absolute atomic E-state index is 0.0874. The van der Waals surface area contributed by atoms with Gasteiger partial charge in [0.05, 0.1) is 6.61 Å². The molecule has 1 atom stereocenters. The number of esters is 1. The van der Waals surface area contributed by atoms with Gasteiger partial charge in [0.2, 0.25) is 5.95 Å². The second-order valence-electron chi connectivity index (χ2n) is 4.85. The Kier molecular flexibility index (Phi) is 5.12. The molecule has 5 heteroatoms. The Bertz CT molecular complexity index is 397. The number of hydrogen-bond donors (Lipinski definition) is 0. The smallest absolute Gasteiger partial charge is 0.305 e. The average molecular weight is 263 g/mol. The fourth-order valence-corrected chi connectivity index (χ4v) is 2.49. The molecular formula is C14H21N3O2. The molecule has 1 aliphatic rings. The van der Waals surface area contributed by atoms with Gasteiger partial charge in [-0.3, -0.25) is 4.79 Å². The first-order valence-corrected chi connectivity index (χ1v) is 6.97.